The van der Waals surface area contributed by atoms with Crippen molar-refractivity contribution in [2.45, 2.75) is 11.8 Å². The Balaban J connectivity index is 1.82. The Morgan fingerprint density at radius 2 is 1.73 bits per heavy atom. The molecule has 0 saturated carbocycles. The van der Waals surface area contributed by atoms with Crippen molar-refractivity contribution in [2.75, 3.05) is 11.8 Å². The third kappa shape index (κ3) is 4.71. The number of hydrogen-bond acceptors (Lipinski definition) is 5. The van der Waals surface area contributed by atoms with Gasteiger partial charge in [-0.05, 0) is 42.8 Å². The van der Waals surface area contributed by atoms with E-state index in [4.69, 9.17) is 4.74 Å². The van der Waals surface area contributed by atoms with Crippen molar-refractivity contribution < 1.29 is 26.7 Å². The molecule has 3 aromatic rings. The number of pyridine rings is 1. The zero-order chi connectivity index (χ0) is 21.9. The van der Waals surface area contributed by atoms with Crippen LogP contribution in [0.25, 0.3) is 0 Å². The van der Waals surface area contributed by atoms with Gasteiger partial charge in [0, 0.05) is 25.4 Å². The highest BCUT2D eigenvalue weighted by Crippen LogP contribution is 2.28. The predicted molar refractivity (Wildman–Crippen MR) is 106 cm³/mol. The number of carbonyl (C=O) groups is 1. The molecule has 0 fully saturated rings. The molecule has 156 valence electrons. The van der Waals surface area contributed by atoms with Gasteiger partial charge in [-0.3, -0.25) is 14.5 Å². The number of amides is 1. The van der Waals surface area contributed by atoms with Crippen molar-refractivity contribution in [1.29, 1.82) is 0 Å². The average molecular weight is 433 g/mol. The zero-order valence-corrected chi connectivity index (χ0v) is 16.8. The molecule has 1 amide bonds. The van der Waals surface area contributed by atoms with E-state index in [-0.39, 0.29) is 22.9 Å². The maximum atomic E-state index is 14.5. The molecule has 1 heterocycles. The molecular formula is C20H17F2N3O4S. The van der Waals surface area contributed by atoms with Gasteiger partial charge in [0.25, 0.3) is 15.9 Å². The Hall–Kier alpha value is -3.53. The van der Waals surface area contributed by atoms with Crippen molar-refractivity contribution in [3.8, 4) is 11.5 Å². The Labute approximate surface area is 171 Å². The number of ether oxygens (including phenoxy) is 1. The van der Waals surface area contributed by atoms with Crippen LogP contribution < -0.4 is 14.8 Å². The molecule has 0 aliphatic carbocycles. The molecule has 3 rings (SSSR count). The number of halogens is 2. The SMILES string of the molecule is CNC(=O)c1cc(Oc2ccc(NS(=O)(=O)c3cc(C)ccc3F)c(F)c2)ccn1. The van der Waals surface area contributed by atoms with E-state index in [2.05, 4.69) is 10.3 Å². The second-order valence-corrected chi connectivity index (χ2v) is 7.89. The molecule has 10 heteroatoms. The van der Waals surface area contributed by atoms with E-state index in [1.165, 1.54) is 37.5 Å². The van der Waals surface area contributed by atoms with E-state index in [9.17, 15) is 22.0 Å². The number of aromatic nitrogens is 1. The van der Waals surface area contributed by atoms with Crippen molar-refractivity contribution in [3.63, 3.8) is 0 Å². The minimum absolute atomic E-state index is 0.0613. The second kappa shape index (κ2) is 8.46. The van der Waals surface area contributed by atoms with Crippen LogP contribution in [0, 0.1) is 18.6 Å². The van der Waals surface area contributed by atoms with Gasteiger partial charge < -0.3 is 10.1 Å². The average Bonchev–Trinajstić information content (AvgIpc) is 2.71. The summed E-state index contributed by atoms with van der Waals surface area (Å²) in [6.45, 7) is 1.61. The van der Waals surface area contributed by atoms with E-state index in [1.807, 2.05) is 4.72 Å². The minimum atomic E-state index is -4.34. The van der Waals surface area contributed by atoms with Gasteiger partial charge >= 0.3 is 0 Å². The van der Waals surface area contributed by atoms with Crippen molar-refractivity contribution in [3.05, 3.63) is 77.6 Å². The number of nitrogens with one attached hydrogen (secondary N) is 2. The fourth-order valence-electron chi connectivity index (χ4n) is 2.52. The first-order valence-electron chi connectivity index (χ1n) is 8.64. The van der Waals surface area contributed by atoms with E-state index in [0.29, 0.717) is 5.56 Å². The molecule has 0 atom stereocenters. The van der Waals surface area contributed by atoms with Gasteiger partial charge in [0.2, 0.25) is 0 Å². The van der Waals surface area contributed by atoms with Crippen molar-refractivity contribution in [1.82, 2.24) is 10.3 Å². The highest BCUT2D eigenvalue weighted by atomic mass is 32.2. The largest absolute Gasteiger partial charge is 0.457 e. The Morgan fingerprint density at radius 3 is 2.43 bits per heavy atom. The minimum Gasteiger partial charge on any atom is -0.457 e. The van der Waals surface area contributed by atoms with E-state index >= 15 is 0 Å². The van der Waals surface area contributed by atoms with Gasteiger partial charge in [0.1, 0.15) is 27.9 Å². The summed E-state index contributed by atoms with van der Waals surface area (Å²) < 4.78 is 60.8. The molecule has 0 aliphatic rings. The molecule has 7 nitrogen and oxygen atoms in total. The highest BCUT2D eigenvalue weighted by molar-refractivity contribution is 7.92. The highest BCUT2D eigenvalue weighted by Gasteiger charge is 2.21. The summed E-state index contributed by atoms with van der Waals surface area (Å²) in [5.74, 6) is -1.99. The molecule has 0 saturated heterocycles. The molecule has 1 aromatic heterocycles. The van der Waals surface area contributed by atoms with Crippen LogP contribution in [0.15, 0.2) is 59.6 Å². The summed E-state index contributed by atoms with van der Waals surface area (Å²) in [6, 6.07) is 9.89. The summed E-state index contributed by atoms with van der Waals surface area (Å²) in [7, 11) is -2.88. The number of benzene rings is 2. The predicted octanol–water partition coefficient (Wildman–Crippen LogP) is 3.62. The Bertz CT molecular complexity index is 1220. The number of hydrogen-bond donors (Lipinski definition) is 2. The van der Waals surface area contributed by atoms with Crippen LogP contribution in [0.4, 0.5) is 14.5 Å². The molecule has 0 spiro atoms. The molecule has 30 heavy (non-hydrogen) atoms. The monoisotopic (exact) mass is 433 g/mol. The smallest absolute Gasteiger partial charge is 0.269 e. The van der Waals surface area contributed by atoms with Gasteiger partial charge in [-0.2, -0.15) is 0 Å². The quantitative estimate of drug-likeness (QED) is 0.619. The third-order valence-electron chi connectivity index (χ3n) is 3.99. The second-order valence-electron chi connectivity index (χ2n) is 6.24. The molecule has 2 aromatic carbocycles. The maximum absolute atomic E-state index is 14.5. The molecule has 0 unspecified atom stereocenters. The fourth-order valence-corrected chi connectivity index (χ4v) is 3.75. The van der Waals surface area contributed by atoms with E-state index in [1.54, 1.807) is 6.92 Å². The third-order valence-corrected chi connectivity index (χ3v) is 5.37. The molecule has 0 radical (unpaired) electrons. The van der Waals surface area contributed by atoms with E-state index < -0.39 is 32.5 Å². The van der Waals surface area contributed by atoms with Crippen LogP contribution in [-0.2, 0) is 10.0 Å². The lowest BCUT2D eigenvalue weighted by molar-refractivity contribution is 0.0958. The lowest BCUT2D eigenvalue weighted by Gasteiger charge is -2.12. The van der Waals surface area contributed by atoms with E-state index in [0.717, 1.165) is 24.3 Å². The van der Waals surface area contributed by atoms with Crippen LogP contribution in [-0.4, -0.2) is 26.4 Å². The summed E-state index contributed by atoms with van der Waals surface area (Å²) in [6.07, 6.45) is 1.36. The number of aryl methyl sites for hydroxylation is 1. The molecule has 0 aliphatic heterocycles. The summed E-state index contributed by atoms with van der Waals surface area (Å²) in [5, 5.41) is 2.42. The molecule has 2 N–H and O–H groups in total. The number of sulfonamides is 1. The summed E-state index contributed by atoms with van der Waals surface area (Å²) in [5.41, 5.74) is 0.276. The van der Waals surface area contributed by atoms with Crippen molar-refractivity contribution >= 4 is 21.6 Å². The van der Waals surface area contributed by atoms with Crippen LogP contribution in [0.5, 0.6) is 11.5 Å². The molecule has 0 bridgehead atoms. The number of rotatable bonds is 6. The van der Waals surface area contributed by atoms with Crippen LogP contribution >= 0.6 is 0 Å². The van der Waals surface area contributed by atoms with Crippen LogP contribution in [0.1, 0.15) is 16.1 Å². The normalized spacial score (nSPS) is 11.1. The summed E-state index contributed by atoms with van der Waals surface area (Å²) in [4.78, 5) is 14.9. The van der Waals surface area contributed by atoms with Gasteiger partial charge in [-0.25, -0.2) is 17.2 Å². The van der Waals surface area contributed by atoms with Crippen molar-refractivity contribution in [2.24, 2.45) is 0 Å². The van der Waals surface area contributed by atoms with Crippen LogP contribution in [0.3, 0.4) is 0 Å². The fraction of sp³-hybridized carbons (Fsp3) is 0.100. The first-order valence-corrected chi connectivity index (χ1v) is 10.1. The first kappa shape index (κ1) is 21.2. The number of anilines is 1. The molecular weight excluding hydrogens is 416 g/mol. The van der Waals surface area contributed by atoms with Gasteiger partial charge in [0.05, 0.1) is 5.69 Å². The Kier molecular flexibility index (Phi) is 5.97. The van der Waals surface area contributed by atoms with Crippen LogP contribution in [0.2, 0.25) is 0 Å². The lowest BCUT2D eigenvalue weighted by atomic mass is 10.2. The van der Waals surface area contributed by atoms with Gasteiger partial charge in [0.15, 0.2) is 5.82 Å². The Morgan fingerprint density at radius 1 is 1.00 bits per heavy atom. The zero-order valence-electron chi connectivity index (χ0n) is 15.9. The van der Waals surface area contributed by atoms with Gasteiger partial charge in [-0.1, -0.05) is 6.07 Å². The van der Waals surface area contributed by atoms with Gasteiger partial charge in [-0.15, -0.1) is 0 Å². The number of nitrogens with zero attached hydrogens (tertiary/aromatic N) is 1. The topological polar surface area (TPSA) is 97.4 Å². The number of carbonyl (C=O) groups excluding carboxylic acids is 1. The summed E-state index contributed by atoms with van der Waals surface area (Å²) >= 11 is 0. The lowest BCUT2D eigenvalue weighted by Crippen LogP contribution is -2.18. The maximum Gasteiger partial charge on any atom is 0.269 e. The first-order chi connectivity index (χ1) is 14.2. The standard InChI is InChI=1S/C20H17F2N3O4S/c1-12-3-5-15(21)19(9-12)30(27,28)25-17-6-4-13(10-16(17)22)29-14-7-8-24-18(11-14)20(26)23-2/h3-11,25H,1-2H3,(H,23,26).